The Bertz CT molecular complexity index is 829. The second-order valence-electron chi connectivity index (χ2n) is 6.48. The van der Waals surface area contributed by atoms with Gasteiger partial charge in [-0.25, -0.2) is 0 Å². The molecule has 1 heterocycles. The summed E-state index contributed by atoms with van der Waals surface area (Å²) in [5.74, 6) is 0.150. The summed E-state index contributed by atoms with van der Waals surface area (Å²) in [7, 11) is 1.91. The van der Waals surface area contributed by atoms with Crippen molar-refractivity contribution in [2.45, 2.75) is 33.1 Å². The molecule has 0 N–H and O–H groups in total. The number of hydrogen-bond donors (Lipinski definition) is 0. The third-order valence-corrected chi connectivity index (χ3v) is 4.57. The standard InChI is InChI=1S/C21H25N3O/c1-4-24(21(25)13-17-8-6-5-7-9-17)20-11-10-18(12-16(20)2)19-14-22-23(3)15-19/h6,8-12,14-15H,4-5,7,13H2,1-3H3. The number of rotatable bonds is 5. The Morgan fingerprint density at radius 2 is 2.12 bits per heavy atom. The fourth-order valence-electron chi connectivity index (χ4n) is 3.26. The molecule has 130 valence electrons. The minimum absolute atomic E-state index is 0.150. The number of nitrogens with zero attached hydrogens (tertiary/aromatic N) is 3. The molecule has 0 aliphatic heterocycles. The van der Waals surface area contributed by atoms with Gasteiger partial charge >= 0.3 is 0 Å². The summed E-state index contributed by atoms with van der Waals surface area (Å²) in [6.07, 6.45) is 12.8. The van der Waals surface area contributed by atoms with Crippen LogP contribution in [0.3, 0.4) is 0 Å². The predicted molar refractivity (Wildman–Crippen MR) is 102 cm³/mol. The number of carbonyl (C=O) groups excluding carboxylic acids is 1. The Labute approximate surface area is 149 Å². The maximum atomic E-state index is 12.8. The summed E-state index contributed by atoms with van der Waals surface area (Å²) in [6.45, 7) is 4.76. The summed E-state index contributed by atoms with van der Waals surface area (Å²) >= 11 is 0. The first-order valence-corrected chi connectivity index (χ1v) is 8.84. The molecule has 0 unspecified atom stereocenters. The second-order valence-corrected chi connectivity index (χ2v) is 6.48. The van der Waals surface area contributed by atoms with Crippen molar-refractivity contribution < 1.29 is 4.79 Å². The van der Waals surface area contributed by atoms with Crippen LogP contribution in [0.15, 0.2) is 54.4 Å². The Morgan fingerprint density at radius 1 is 1.28 bits per heavy atom. The van der Waals surface area contributed by atoms with Crippen molar-refractivity contribution in [1.82, 2.24) is 9.78 Å². The quantitative estimate of drug-likeness (QED) is 0.811. The molecule has 4 heteroatoms. The zero-order valence-electron chi connectivity index (χ0n) is 15.2. The molecule has 1 aliphatic carbocycles. The van der Waals surface area contributed by atoms with Crippen molar-refractivity contribution >= 4 is 11.6 Å². The lowest BCUT2D eigenvalue weighted by Crippen LogP contribution is -2.31. The molecule has 4 nitrogen and oxygen atoms in total. The van der Waals surface area contributed by atoms with E-state index in [2.05, 4.69) is 42.4 Å². The summed E-state index contributed by atoms with van der Waals surface area (Å²) in [4.78, 5) is 14.7. The molecular weight excluding hydrogens is 310 g/mol. The Kier molecular flexibility index (Phi) is 5.17. The van der Waals surface area contributed by atoms with Gasteiger partial charge in [0.25, 0.3) is 0 Å². The minimum Gasteiger partial charge on any atom is -0.312 e. The predicted octanol–water partition coefficient (Wildman–Crippen LogP) is 4.41. The van der Waals surface area contributed by atoms with Gasteiger partial charge in [0.15, 0.2) is 0 Å². The smallest absolute Gasteiger partial charge is 0.231 e. The summed E-state index contributed by atoms with van der Waals surface area (Å²) in [6, 6.07) is 6.24. The van der Waals surface area contributed by atoms with Gasteiger partial charge in [0.2, 0.25) is 5.91 Å². The van der Waals surface area contributed by atoms with E-state index in [1.54, 1.807) is 4.68 Å². The number of aromatic nitrogens is 2. The van der Waals surface area contributed by atoms with Crippen molar-refractivity contribution in [2.24, 2.45) is 7.05 Å². The van der Waals surface area contributed by atoms with E-state index in [-0.39, 0.29) is 5.91 Å². The molecular formula is C21H25N3O. The molecule has 3 rings (SSSR count). The van der Waals surface area contributed by atoms with Gasteiger partial charge in [0, 0.05) is 31.0 Å². The summed E-state index contributed by atoms with van der Waals surface area (Å²) < 4.78 is 1.80. The Balaban J connectivity index is 1.81. The highest BCUT2D eigenvalue weighted by molar-refractivity contribution is 5.96. The van der Waals surface area contributed by atoms with E-state index in [1.165, 1.54) is 0 Å². The van der Waals surface area contributed by atoms with Crippen LogP contribution in [-0.2, 0) is 11.8 Å². The van der Waals surface area contributed by atoms with Gasteiger partial charge in [-0.05, 0) is 55.5 Å². The highest BCUT2D eigenvalue weighted by atomic mass is 16.2. The lowest BCUT2D eigenvalue weighted by atomic mass is 10.0. The number of aryl methyl sites for hydroxylation is 2. The second kappa shape index (κ2) is 7.51. The maximum Gasteiger partial charge on any atom is 0.231 e. The van der Waals surface area contributed by atoms with Crippen molar-refractivity contribution in [3.63, 3.8) is 0 Å². The summed E-state index contributed by atoms with van der Waals surface area (Å²) in [5, 5.41) is 4.23. The lowest BCUT2D eigenvalue weighted by molar-refractivity contribution is -0.117. The third-order valence-electron chi connectivity index (χ3n) is 4.57. The van der Waals surface area contributed by atoms with Crippen LogP contribution in [0, 0.1) is 6.92 Å². The van der Waals surface area contributed by atoms with Crippen molar-refractivity contribution in [3.8, 4) is 11.1 Å². The van der Waals surface area contributed by atoms with Crippen LogP contribution >= 0.6 is 0 Å². The van der Waals surface area contributed by atoms with Crippen LogP contribution < -0.4 is 4.90 Å². The number of hydrogen-bond acceptors (Lipinski definition) is 2. The fraction of sp³-hybridized carbons (Fsp3) is 0.333. The zero-order chi connectivity index (χ0) is 17.8. The molecule has 0 saturated carbocycles. The van der Waals surface area contributed by atoms with E-state index in [0.29, 0.717) is 13.0 Å². The number of anilines is 1. The van der Waals surface area contributed by atoms with Crippen LogP contribution in [0.25, 0.3) is 11.1 Å². The first kappa shape index (κ1) is 17.2. The highest BCUT2D eigenvalue weighted by Crippen LogP contribution is 2.28. The van der Waals surface area contributed by atoms with Crippen LogP contribution in [-0.4, -0.2) is 22.2 Å². The van der Waals surface area contributed by atoms with E-state index in [0.717, 1.165) is 40.8 Å². The SMILES string of the molecule is CCN(C(=O)CC1=CCCC=C1)c1ccc(-c2cnn(C)c2)cc1C. The van der Waals surface area contributed by atoms with Gasteiger partial charge in [-0.15, -0.1) is 0 Å². The third kappa shape index (κ3) is 3.90. The largest absolute Gasteiger partial charge is 0.312 e. The lowest BCUT2D eigenvalue weighted by Gasteiger charge is -2.24. The molecule has 1 amide bonds. The van der Waals surface area contributed by atoms with Crippen LogP contribution in [0.1, 0.15) is 31.7 Å². The van der Waals surface area contributed by atoms with E-state index in [4.69, 9.17) is 0 Å². The molecule has 0 fully saturated rings. The number of amides is 1. The van der Waals surface area contributed by atoms with E-state index < -0.39 is 0 Å². The van der Waals surface area contributed by atoms with Gasteiger partial charge in [0.05, 0.1) is 12.6 Å². The average molecular weight is 335 g/mol. The number of benzene rings is 1. The van der Waals surface area contributed by atoms with E-state index >= 15 is 0 Å². The van der Waals surface area contributed by atoms with Gasteiger partial charge in [0.1, 0.15) is 0 Å². The van der Waals surface area contributed by atoms with Crippen LogP contribution in [0.5, 0.6) is 0 Å². The topological polar surface area (TPSA) is 38.1 Å². The molecule has 0 saturated heterocycles. The molecule has 2 aromatic rings. The van der Waals surface area contributed by atoms with Gasteiger partial charge in [-0.2, -0.15) is 5.10 Å². The number of carbonyl (C=O) groups is 1. The minimum atomic E-state index is 0.150. The number of allylic oxidation sites excluding steroid dienone is 3. The zero-order valence-corrected chi connectivity index (χ0v) is 15.2. The molecule has 0 spiro atoms. The normalized spacial score (nSPS) is 13.6. The van der Waals surface area contributed by atoms with Crippen LogP contribution in [0.4, 0.5) is 5.69 Å². The van der Waals surface area contributed by atoms with Gasteiger partial charge < -0.3 is 4.90 Å². The molecule has 1 aromatic heterocycles. The Morgan fingerprint density at radius 3 is 2.72 bits per heavy atom. The first-order chi connectivity index (χ1) is 12.1. The average Bonchev–Trinajstić information content (AvgIpc) is 3.04. The molecule has 0 radical (unpaired) electrons. The highest BCUT2D eigenvalue weighted by Gasteiger charge is 2.17. The monoisotopic (exact) mass is 335 g/mol. The maximum absolute atomic E-state index is 12.8. The van der Waals surface area contributed by atoms with Gasteiger partial charge in [-0.3, -0.25) is 9.48 Å². The molecule has 1 aliphatic rings. The molecule has 25 heavy (non-hydrogen) atoms. The van der Waals surface area contributed by atoms with Crippen molar-refractivity contribution in [1.29, 1.82) is 0 Å². The van der Waals surface area contributed by atoms with E-state index in [1.807, 2.05) is 37.3 Å². The first-order valence-electron chi connectivity index (χ1n) is 8.84. The van der Waals surface area contributed by atoms with E-state index in [9.17, 15) is 4.79 Å². The fourth-order valence-corrected chi connectivity index (χ4v) is 3.26. The van der Waals surface area contributed by atoms with Crippen LogP contribution in [0.2, 0.25) is 0 Å². The van der Waals surface area contributed by atoms with Gasteiger partial charge in [-0.1, -0.05) is 24.3 Å². The van der Waals surface area contributed by atoms with Crippen molar-refractivity contribution in [3.05, 3.63) is 60.0 Å². The molecule has 0 atom stereocenters. The molecule has 1 aromatic carbocycles. The molecule has 0 bridgehead atoms. The summed E-state index contributed by atoms with van der Waals surface area (Å²) in [5.41, 5.74) is 5.42. The van der Waals surface area contributed by atoms with Crippen molar-refractivity contribution in [2.75, 3.05) is 11.4 Å². The Hall–Kier alpha value is -2.62.